The molecule has 182 valence electrons. The quantitative estimate of drug-likeness (QED) is 0.577. The highest BCUT2D eigenvalue weighted by Gasteiger charge is 2.44. The molecule has 2 heterocycles. The second-order valence-electron chi connectivity index (χ2n) is 9.41. The van der Waals surface area contributed by atoms with Gasteiger partial charge in [-0.25, -0.2) is 13.2 Å². The number of carbonyl (C=O) groups excluding carboxylic acids is 2. The molecule has 4 rings (SSSR count). The molecule has 1 unspecified atom stereocenters. The normalized spacial score (nSPS) is 22.5. The van der Waals surface area contributed by atoms with Gasteiger partial charge in [-0.3, -0.25) is 9.59 Å². The number of piperidine rings is 1. The molecule has 0 spiro atoms. The lowest BCUT2D eigenvalue weighted by molar-refractivity contribution is -0.137. The zero-order valence-electron chi connectivity index (χ0n) is 19.0. The highest BCUT2D eigenvalue weighted by Crippen LogP contribution is 2.40. The minimum atomic E-state index is -1.22. The highest BCUT2D eigenvalue weighted by atomic mass is 19.2. The van der Waals surface area contributed by atoms with E-state index in [2.05, 4.69) is 5.32 Å². The maximum Gasteiger partial charge on any atom is 0.242 e. The van der Waals surface area contributed by atoms with E-state index in [1.807, 2.05) is 35.2 Å². The summed E-state index contributed by atoms with van der Waals surface area (Å²) in [4.78, 5) is 26.9. The lowest BCUT2D eigenvalue weighted by atomic mass is 9.82. The zero-order valence-corrected chi connectivity index (χ0v) is 19.0. The summed E-state index contributed by atoms with van der Waals surface area (Å²) in [5.41, 5.74) is 7.49. The lowest BCUT2D eigenvalue weighted by Crippen LogP contribution is -2.52. The zero-order chi connectivity index (χ0) is 24.2. The van der Waals surface area contributed by atoms with Gasteiger partial charge in [0.05, 0.1) is 6.54 Å². The molecule has 0 saturated carbocycles. The van der Waals surface area contributed by atoms with Crippen molar-refractivity contribution >= 4 is 11.8 Å². The van der Waals surface area contributed by atoms with E-state index < -0.39 is 23.5 Å². The van der Waals surface area contributed by atoms with Crippen molar-refractivity contribution in [3.05, 3.63) is 71.0 Å². The fourth-order valence-corrected chi connectivity index (χ4v) is 5.37. The minimum absolute atomic E-state index is 0.0262. The van der Waals surface area contributed by atoms with Gasteiger partial charge in [-0.15, -0.1) is 0 Å². The SMILES string of the molecule is N[C@H](Cc1cc(F)c(F)cc1F)C1C[C@H]2CC[C@@H](C1)N2C(=O)CNC(=O)CCc1ccccc1. The second kappa shape index (κ2) is 10.6. The molecule has 2 amide bonds. The number of fused-ring (bicyclic) bond motifs is 2. The van der Waals surface area contributed by atoms with Gasteiger partial charge in [-0.1, -0.05) is 30.3 Å². The molecule has 2 aromatic carbocycles. The number of nitrogens with two attached hydrogens (primary N) is 1. The Balaban J connectivity index is 1.27. The van der Waals surface area contributed by atoms with Gasteiger partial charge in [0.15, 0.2) is 11.6 Å². The lowest BCUT2D eigenvalue weighted by Gasteiger charge is -2.41. The molecule has 2 aliphatic heterocycles. The first kappa shape index (κ1) is 24.3. The van der Waals surface area contributed by atoms with Crippen LogP contribution in [0.3, 0.4) is 0 Å². The monoisotopic (exact) mass is 473 g/mol. The average molecular weight is 474 g/mol. The molecule has 4 atom stereocenters. The molecule has 0 aliphatic carbocycles. The summed E-state index contributed by atoms with van der Waals surface area (Å²) >= 11 is 0. The summed E-state index contributed by atoms with van der Waals surface area (Å²) in [6.07, 6.45) is 4.13. The predicted octanol–water partition coefficient (Wildman–Crippen LogP) is 3.49. The molecule has 3 N–H and O–H groups in total. The first-order valence-electron chi connectivity index (χ1n) is 11.8. The molecule has 2 saturated heterocycles. The maximum atomic E-state index is 14.0. The fraction of sp³-hybridized carbons (Fsp3) is 0.462. The van der Waals surface area contributed by atoms with Crippen molar-refractivity contribution < 1.29 is 22.8 Å². The van der Waals surface area contributed by atoms with Gasteiger partial charge in [-0.2, -0.15) is 0 Å². The van der Waals surface area contributed by atoms with Gasteiger partial charge in [-0.05, 0) is 61.6 Å². The molecule has 8 heteroatoms. The smallest absolute Gasteiger partial charge is 0.242 e. The summed E-state index contributed by atoms with van der Waals surface area (Å²) in [5.74, 6) is -3.31. The van der Waals surface area contributed by atoms with Crippen molar-refractivity contribution in [3.63, 3.8) is 0 Å². The third kappa shape index (κ3) is 5.60. The van der Waals surface area contributed by atoms with Crippen molar-refractivity contribution in [1.82, 2.24) is 10.2 Å². The van der Waals surface area contributed by atoms with E-state index in [-0.39, 0.29) is 48.3 Å². The van der Waals surface area contributed by atoms with Crippen LogP contribution in [0.25, 0.3) is 0 Å². The van der Waals surface area contributed by atoms with Crippen LogP contribution in [0.2, 0.25) is 0 Å². The van der Waals surface area contributed by atoms with Crippen LogP contribution in [0, 0.1) is 23.4 Å². The van der Waals surface area contributed by atoms with Gasteiger partial charge in [0.25, 0.3) is 0 Å². The van der Waals surface area contributed by atoms with E-state index in [4.69, 9.17) is 5.73 Å². The number of nitrogens with zero attached hydrogens (tertiary/aromatic N) is 1. The number of nitrogens with one attached hydrogen (secondary N) is 1. The largest absolute Gasteiger partial charge is 0.347 e. The van der Waals surface area contributed by atoms with Crippen LogP contribution in [0.5, 0.6) is 0 Å². The Labute approximate surface area is 197 Å². The summed E-state index contributed by atoms with van der Waals surface area (Å²) in [6, 6.07) is 10.8. The Kier molecular flexibility index (Phi) is 7.56. The van der Waals surface area contributed by atoms with Gasteiger partial charge in [0.2, 0.25) is 11.8 Å². The Morgan fingerprint density at radius 3 is 2.32 bits per heavy atom. The Morgan fingerprint density at radius 1 is 1.00 bits per heavy atom. The minimum Gasteiger partial charge on any atom is -0.347 e. The molecule has 2 aromatic rings. The van der Waals surface area contributed by atoms with Crippen LogP contribution < -0.4 is 11.1 Å². The molecular formula is C26H30F3N3O2. The number of carbonyl (C=O) groups is 2. The molecule has 34 heavy (non-hydrogen) atoms. The molecule has 0 radical (unpaired) electrons. The van der Waals surface area contributed by atoms with E-state index in [9.17, 15) is 22.8 Å². The number of hydrogen-bond acceptors (Lipinski definition) is 3. The van der Waals surface area contributed by atoms with Crippen LogP contribution in [0.1, 0.15) is 43.2 Å². The topological polar surface area (TPSA) is 75.4 Å². The molecule has 2 bridgehead atoms. The van der Waals surface area contributed by atoms with Gasteiger partial charge >= 0.3 is 0 Å². The summed E-state index contributed by atoms with van der Waals surface area (Å²) < 4.78 is 40.8. The van der Waals surface area contributed by atoms with Crippen LogP contribution in [0.15, 0.2) is 42.5 Å². The number of aryl methyl sites for hydroxylation is 1. The van der Waals surface area contributed by atoms with Gasteiger partial charge in [0, 0.05) is 30.6 Å². The molecule has 0 aromatic heterocycles. The fourth-order valence-electron chi connectivity index (χ4n) is 5.37. The number of rotatable bonds is 8. The number of halogens is 3. The third-order valence-electron chi connectivity index (χ3n) is 7.13. The van der Waals surface area contributed by atoms with Gasteiger partial charge < -0.3 is 16.0 Å². The van der Waals surface area contributed by atoms with Gasteiger partial charge in [0.1, 0.15) is 5.82 Å². The number of benzene rings is 2. The highest BCUT2D eigenvalue weighted by molar-refractivity contribution is 5.85. The van der Waals surface area contributed by atoms with E-state index in [1.54, 1.807) is 0 Å². The molecular weight excluding hydrogens is 443 g/mol. The first-order chi connectivity index (χ1) is 16.3. The standard InChI is InChI=1S/C26H30F3N3O2/c27-21-14-23(29)22(28)12-17(21)13-24(30)18-10-19-7-8-20(11-18)32(19)26(34)15-31-25(33)9-6-16-4-2-1-3-5-16/h1-5,12,14,18-20,24H,6-11,13,15,30H2,(H,31,33)/t18?,19-,20+,24-/m1/s1. The van der Waals surface area contributed by atoms with E-state index >= 15 is 0 Å². The molecule has 2 fully saturated rings. The number of hydrogen-bond donors (Lipinski definition) is 2. The van der Waals surface area contributed by atoms with E-state index in [1.165, 1.54) is 0 Å². The summed E-state index contributed by atoms with van der Waals surface area (Å²) in [7, 11) is 0. The van der Waals surface area contributed by atoms with E-state index in [0.717, 1.165) is 24.5 Å². The Hall–Kier alpha value is -2.87. The molecule has 5 nitrogen and oxygen atoms in total. The Bertz CT molecular complexity index is 1020. The third-order valence-corrected chi connectivity index (χ3v) is 7.13. The van der Waals surface area contributed by atoms with Crippen molar-refractivity contribution in [1.29, 1.82) is 0 Å². The second-order valence-corrected chi connectivity index (χ2v) is 9.41. The van der Waals surface area contributed by atoms with E-state index in [0.29, 0.717) is 31.7 Å². The van der Waals surface area contributed by atoms with Crippen molar-refractivity contribution in [2.24, 2.45) is 11.7 Å². The van der Waals surface area contributed by atoms with Crippen LogP contribution >= 0.6 is 0 Å². The number of amides is 2. The predicted molar refractivity (Wildman–Crippen MR) is 122 cm³/mol. The summed E-state index contributed by atoms with van der Waals surface area (Å²) in [6.45, 7) is -0.0303. The van der Waals surface area contributed by atoms with Crippen molar-refractivity contribution in [2.45, 2.75) is 63.1 Å². The van der Waals surface area contributed by atoms with Crippen molar-refractivity contribution in [3.8, 4) is 0 Å². The first-order valence-corrected chi connectivity index (χ1v) is 11.8. The molecule has 2 aliphatic rings. The van der Waals surface area contributed by atoms with Crippen LogP contribution in [-0.2, 0) is 22.4 Å². The summed E-state index contributed by atoms with van der Waals surface area (Å²) in [5, 5.41) is 2.74. The maximum absolute atomic E-state index is 14.0. The average Bonchev–Trinajstić information content (AvgIpc) is 3.09. The van der Waals surface area contributed by atoms with Crippen molar-refractivity contribution in [2.75, 3.05) is 6.54 Å². The van der Waals surface area contributed by atoms with Crippen LogP contribution in [-0.4, -0.2) is 41.4 Å². The van der Waals surface area contributed by atoms with Crippen LogP contribution in [0.4, 0.5) is 13.2 Å². The Morgan fingerprint density at radius 2 is 1.65 bits per heavy atom.